The van der Waals surface area contributed by atoms with E-state index >= 15 is 0 Å². The minimum Gasteiger partial charge on any atom is -0.392 e. The third-order valence-electron chi connectivity index (χ3n) is 3.53. The van der Waals surface area contributed by atoms with Crippen LogP contribution in [0.25, 0.3) is 0 Å². The van der Waals surface area contributed by atoms with Crippen LogP contribution in [0.3, 0.4) is 0 Å². The highest BCUT2D eigenvalue weighted by Gasteiger charge is 2.26. The Morgan fingerprint density at radius 2 is 1.46 bits per heavy atom. The van der Waals surface area contributed by atoms with E-state index in [1.807, 2.05) is 0 Å². The highest BCUT2D eigenvalue weighted by molar-refractivity contribution is 4.85. The number of nitrogens with one attached hydrogen (secondary N) is 1. The van der Waals surface area contributed by atoms with Gasteiger partial charge in [0.15, 0.2) is 0 Å². The maximum atomic E-state index is 9.77. The minimum absolute atomic E-state index is 0.0747. The van der Waals surface area contributed by atoms with E-state index in [0.29, 0.717) is 12.1 Å². The summed E-state index contributed by atoms with van der Waals surface area (Å²) < 4.78 is 0. The third-order valence-corrected chi connectivity index (χ3v) is 3.53. The van der Waals surface area contributed by atoms with Crippen molar-refractivity contribution in [2.24, 2.45) is 0 Å². The van der Waals surface area contributed by atoms with Crippen molar-refractivity contribution < 1.29 is 5.11 Å². The molecule has 0 aliphatic heterocycles. The van der Waals surface area contributed by atoms with Crippen molar-refractivity contribution in [2.45, 2.75) is 69.6 Å². The van der Waals surface area contributed by atoms with Gasteiger partial charge in [-0.2, -0.15) is 0 Å². The highest BCUT2D eigenvalue weighted by atomic mass is 16.3. The number of aliphatic hydroxyl groups is 1. The normalized spacial score (nSPS) is 36.7. The average Bonchev–Trinajstić information content (AvgIpc) is 2.61. The zero-order valence-electron chi connectivity index (χ0n) is 8.34. The maximum absolute atomic E-state index is 9.77. The molecule has 2 atom stereocenters. The van der Waals surface area contributed by atoms with Gasteiger partial charge in [0.1, 0.15) is 0 Å². The summed E-state index contributed by atoms with van der Waals surface area (Å²) in [5, 5.41) is 13.4. The molecule has 0 unspecified atom stereocenters. The molecule has 2 heteroatoms. The number of hydrogen-bond acceptors (Lipinski definition) is 2. The highest BCUT2D eigenvalue weighted by Crippen LogP contribution is 2.23. The molecule has 2 aliphatic rings. The third kappa shape index (κ3) is 2.44. The van der Waals surface area contributed by atoms with E-state index in [-0.39, 0.29) is 6.10 Å². The van der Waals surface area contributed by atoms with Crippen molar-refractivity contribution in [1.29, 1.82) is 0 Å². The van der Waals surface area contributed by atoms with E-state index in [2.05, 4.69) is 5.32 Å². The first-order chi connectivity index (χ1) is 6.36. The van der Waals surface area contributed by atoms with Gasteiger partial charge in [-0.3, -0.25) is 0 Å². The van der Waals surface area contributed by atoms with Gasteiger partial charge in [-0.05, 0) is 25.7 Å². The van der Waals surface area contributed by atoms with Crippen molar-refractivity contribution >= 4 is 0 Å². The summed E-state index contributed by atoms with van der Waals surface area (Å²) in [6.45, 7) is 0. The molecule has 2 saturated carbocycles. The second-order valence-corrected chi connectivity index (χ2v) is 4.61. The topological polar surface area (TPSA) is 32.3 Å². The van der Waals surface area contributed by atoms with Crippen LogP contribution in [-0.4, -0.2) is 23.3 Å². The Morgan fingerprint density at radius 1 is 0.846 bits per heavy atom. The Hall–Kier alpha value is -0.0800. The van der Waals surface area contributed by atoms with Crippen molar-refractivity contribution in [3.05, 3.63) is 0 Å². The van der Waals surface area contributed by atoms with E-state index in [1.54, 1.807) is 0 Å². The molecule has 0 aromatic carbocycles. The minimum atomic E-state index is -0.0747. The predicted molar refractivity (Wildman–Crippen MR) is 53.7 cm³/mol. The fraction of sp³-hybridized carbons (Fsp3) is 1.00. The molecular weight excluding hydrogens is 162 g/mol. The van der Waals surface area contributed by atoms with Crippen molar-refractivity contribution in [3.63, 3.8) is 0 Å². The largest absolute Gasteiger partial charge is 0.392 e. The van der Waals surface area contributed by atoms with E-state index in [4.69, 9.17) is 0 Å². The van der Waals surface area contributed by atoms with Crippen LogP contribution in [0.4, 0.5) is 0 Å². The van der Waals surface area contributed by atoms with Gasteiger partial charge >= 0.3 is 0 Å². The summed E-state index contributed by atoms with van der Waals surface area (Å²) in [6, 6.07) is 1.11. The Labute approximate surface area is 80.7 Å². The summed E-state index contributed by atoms with van der Waals surface area (Å²) in [7, 11) is 0. The molecule has 13 heavy (non-hydrogen) atoms. The lowest BCUT2D eigenvalue weighted by molar-refractivity contribution is 0.0852. The molecule has 0 spiro atoms. The van der Waals surface area contributed by atoms with Crippen LogP contribution in [0, 0.1) is 0 Å². The van der Waals surface area contributed by atoms with E-state index in [1.165, 1.54) is 44.9 Å². The van der Waals surface area contributed by atoms with Gasteiger partial charge in [-0.1, -0.05) is 25.7 Å². The number of rotatable bonds is 2. The van der Waals surface area contributed by atoms with Crippen LogP contribution in [0.15, 0.2) is 0 Å². The molecule has 2 aliphatic carbocycles. The van der Waals surface area contributed by atoms with Gasteiger partial charge in [0.2, 0.25) is 0 Å². The van der Waals surface area contributed by atoms with Crippen molar-refractivity contribution in [2.75, 3.05) is 0 Å². The van der Waals surface area contributed by atoms with Crippen LogP contribution >= 0.6 is 0 Å². The Kier molecular flexibility index (Phi) is 3.23. The maximum Gasteiger partial charge on any atom is 0.0693 e. The lowest BCUT2D eigenvalue weighted by Crippen LogP contribution is -2.46. The summed E-state index contributed by atoms with van der Waals surface area (Å²) in [6.07, 6.45) is 10.0. The SMILES string of the molecule is O[C@@H]1CCCC[C@@H]1NC1CCCC1. The first-order valence-corrected chi connectivity index (χ1v) is 5.80. The summed E-state index contributed by atoms with van der Waals surface area (Å²) in [4.78, 5) is 0. The molecular formula is C11H21NO. The molecule has 2 N–H and O–H groups in total. The monoisotopic (exact) mass is 183 g/mol. The van der Waals surface area contributed by atoms with Crippen LogP contribution in [0.5, 0.6) is 0 Å². The lowest BCUT2D eigenvalue weighted by atomic mass is 9.92. The van der Waals surface area contributed by atoms with E-state index in [9.17, 15) is 5.11 Å². The molecule has 0 aromatic rings. The van der Waals surface area contributed by atoms with Gasteiger partial charge in [0, 0.05) is 12.1 Å². The second-order valence-electron chi connectivity index (χ2n) is 4.61. The zero-order valence-corrected chi connectivity index (χ0v) is 8.34. The molecule has 0 heterocycles. The molecule has 2 rings (SSSR count). The Balaban J connectivity index is 1.78. The quantitative estimate of drug-likeness (QED) is 0.684. The predicted octanol–water partition coefficient (Wildman–Crippen LogP) is 1.82. The zero-order chi connectivity index (χ0) is 9.10. The van der Waals surface area contributed by atoms with Crippen LogP contribution in [-0.2, 0) is 0 Å². The smallest absolute Gasteiger partial charge is 0.0693 e. The summed E-state index contributed by atoms with van der Waals surface area (Å²) in [5.74, 6) is 0. The van der Waals surface area contributed by atoms with Gasteiger partial charge in [0.25, 0.3) is 0 Å². The fourth-order valence-electron chi connectivity index (χ4n) is 2.70. The van der Waals surface area contributed by atoms with Gasteiger partial charge in [-0.25, -0.2) is 0 Å². The lowest BCUT2D eigenvalue weighted by Gasteiger charge is -2.31. The van der Waals surface area contributed by atoms with Gasteiger partial charge in [0.05, 0.1) is 6.10 Å². The van der Waals surface area contributed by atoms with Crippen molar-refractivity contribution in [3.8, 4) is 0 Å². The van der Waals surface area contributed by atoms with Crippen molar-refractivity contribution in [1.82, 2.24) is 5.32 Å². The van der Waals surface area contributed by atoms with Crippen LogP contribution in [0.1, 0.15) is 51.4 Å². The molecule has 0 aromatic heterocycles. The molecule has 0 bridgehead atoms. The number of hydrogen-bond donors (Lipinski definition) is 2. The second kappa shape index (κ2) is 4.43. The van der Waals surface area contributed by atoms with Crippen LogP contribution in [0.2, 0.25) is 0 Å². The first kappa shape index (κ1) is 9.47. The summed E-state index contributed by atoms with van der Waals surface area (Å²) >= 11 is 0. The standard InChI is InChI=1S/C11H21NO/c13-11-8-4-3-7-10(11)12-9-5-1-2-6-9/h9-13H,1-8H2/t10-,11+/m0/s1. The van der Waals surface area contributed by atoms with Gasteiger partial charge in [-0.15, -0.1) is 0 Å². The molecule has 0 amide bonds. The Bertz CT molecular complexity index is 154. The first-order valence-electron chi connectivity index (χ1n) is 5.80. The van der Waals surface area contributed by atoms with Gasteiger partial charge < -0.3 is 10.4 Å². The summed E-state index contributed by atoms with van der Waals surface area (Å²) in [5.41, 5.74) is 0. The van der Waals surface area contributed by atoms with Crippen LogP contribution < -0.4 is 5.32 Å². The molecule has 0 saturated heterocycles. The Morgan fingerprint density at radius 3 is 2.15 bits per heavy atom. The average molecular weight is 183 g/mol. The van der Waals surface area contributed by atoms with E-state index in [0.717, 1.165) is 6.42 Å². The fourth-order valence-corrected chi connectivity index (χ4v) is 2.70. The van der Waals surface area contributed by atoms with E-state index < -0.39 is 0 Å². The molecule has 76 valence electrons. The molecule has 2 nitrogen and oxygen atoms in total. The molecule has 0 radical (unpaired) electrons. The number of aliphatic hydroxyl groups excluding tert-OH is 1. The molecule has 2 fully saturated rings.